The van der Waals surface area contributed by atoms with Gasteiger partial charge >= 0.3 is 0 Å². The Bertz CT molecular complexity index is 1170. The molecule has 0 spiro atoms. The number of benzene rings is 2. The minimum absolute atomic E-state index is 0.0485. The van der Waals surface area contributed by atoms with Crippen LogP contribution in [-0.2, 0) is 26.2 Å². The smallest absolute Gasteiger partial charge is 0.244 e. The van der Waals surface area contributed by atoms with Gasteiger partial charge in [0, 0.05) is 12.6 Å². The topological polar surface area (TPSA) is 86.8 Å². The zero-order valence-electron chi connectivity index (χ0n) is 20.2. The standard InChI is InChI=1S/C24H31Cl2N3O4S/c1-15(2)27-24(31)18(5)28(13-19-8-9-20(25)21(26)12-19)23(30)14-29(34(6,32)33)22-10-7-16(3)11-17(22)4/h7-12,15,18H,13-14H2,1-6H3,(H,27,31)/t18-/m1/s1. The second-order valence-corrected chi connectivity index (χ2v) is 11.4. The summed E-state index contributed by atoms with van der Waals surface area (Å²) in [5.41, 5.74) is 2.76. The molecule has 0 aliphatic rings. The summed E-state index contributed by atoms with van der Waals surface area (Å²) < 4.78 is 26.4. The van der Waals surface area contributed by atoms with Crippen LogP contribution in [0, 0.1) is 13.8 Å². The lowest BCUT2D eigenvalue weighted by atomic mass is 10.1. The molecule has 2 amide bonds. The summed E-state index contributed by atoms with van der Waals surface area (Å²) in [5.74, 6) is -0.872. The lowest BCUT2D eigenvalue weighted by molar-refractivity contribution is -0.139. The molecule has 1 N–H and O–H groups in total. The molecular weight excluding hydrogens is 497 g/mol. The van der Waals surface area contributed by atoms with E-state index in [0.29, 0.717) is 21.3 Å². The maximum Gasteiger partial charge on any atom is 0.244 e. The van der Waals surface area contributed by atoms with E-state index < -0.39 is 28.5 Å². The van der Waals surface area contributed by atoms with Crippen LogP contribution in [0.25, 0.3) is 0 Å². The number of nitrogens with one attached hydrogen (secondary N) is 1. The second-order valence-electron chi connectivity index (χ2n) is 8.67. The summed E-state index contributed by atoms with van der Waals surface area (Å²) in [6, 6.07) is 9.28. The zero-order valence-corrected chi connectivity index (χ0v) is 22.6. The van der Waals surface area contributed by atoms with E-state index in [9.17, 15) is 18.0 Å². The van der Waals surface area contributed by atoms with E-state index in [1.54, 1.807) is 44.2 Å². The highest BCUT2D eigenvalue weighted by Crippen LogP contribution is 2.26. The third-order valence-corrected chi connectivity index (χ3v) is 7.10. The van der Waals surface area contributed by atoms with E-state index in [1.165, 1.54) is 4.90 Å². The Morgan fingerprint density at radius 1 is 1.00 bits per heavy atom. The molecule has 0 heterocycles. The summed E-state index contributed by atoms with van der Waals surface area (Å²) in [6.45, 7) is 8.53. The second kappa shape index (κ2) is 11.4. The van der Waals surface area contributed by atoms with Crippen molar-refractivity contribution in [1.29, 1.82) is 0 Å². The molecule has 0 saturated carbocycles. The van der Waals surface area contributed by atoms with Gasteiger partial charge in [-0.1, -0.05) is 47.0 Å². The van der Waals surface area contributed by atoms with Gasteiger partial charge in [0.25, 0.3) is 0 Å². The fraction of sp³-hybridized carbons (Fsp3) is 0.417. The van der Waals surface area contributed by atoms with Crippen LogP contribution < -0.4 is 9.62 Å². The van der Waals surface area contributed by atoms with Gasteiger partial charge in [0.1, 0.15) is 12.6 Å². The van der Waals surface area contributed by atoms with Crippen LogP contribution in [0.2, 0.25) is 10.0 Å². The SMILES string of the molecule is Cc1ccc(N(CC(=O)N(Cc2ccc(Cl)c(Cl)c2)[C@H](C)C(=O)NC(C)C)S(C)(=O)=O)c(C)c1. The Balaban J connectivity index is 2.44. The van der Waals surface area contributed by atoms with Gasteiger partial charge in [-0.2, -0.15) is 0 Å². The number of amides is 2. The van der Waals surface area contributed by atoms with Crippen molar-refractivity contribution in [3.8, 4) is 0 Å². The first-order valence-electron chi connectivity index (χ1n) is 10.8. The summed E-state index contributed by atoms with van der Waals surface area (Å²) in [4.78, 5) is 27.6. The monoisotopic (exact) mass is 527 g/mol. The molecule has 34 heavy (non-hydrogen) atoms. The third-order valence-electron chi connectivity index (χ3n) is 5.24. The van der Waals surface area contributed by atoms with E-state index in [4.69, 9.17) is 23.2 Å². The molecule has 186 valence electrons. The molecule has 0 aromatic heterocycles. The van der Waals surface area contributed by atoms with Crippen LogP contribution >= 0.6 is 23.2 Å². The highest BCUT2D eigenvalue weighted by molar-refractivity contribution is 7.92. The Labute approximate surface area is 212 Å². The van der Waals surface area contributed by atoms with Crippen molar-refractivity contribution in [2.24, 2.45) is 0 Å². The van der Waals surface area contributed by atoms with Crippen molar-refractivity contribution in [2.45, 2.75) is 53.2 Å². The van der Waals surface area contributed by atoms with Crippen LogP contribution in [0.3, 0.4) is 0 Å². The van der Waals surface area contributed by atoms with Crippen LogP contribution in [0.15, 0.2) is 36.4 Å². The molecule has 7 nitrogen and oxygen atoms in total. The summed E-state index contributed by atoms with van der Waals surface area (Å²) >= 11 is 12.2. The van der Waals surface area contributed by atoms with Crippen molar-refractivity contribution >= 4 is 50.7 Å². The van der Waals surface area contributed by atoms with Crippen LogP contribution in [-0.4, -0.2) is 50.0 Å². The number of halogens is 2. The van der Waals surface area contributed by atoms with Crippen molar-refractivity contribution in [1.82, 2.24) is 10.2 Å². The number of rotatable bonds is 9. The van der Waals surface area contributed by atoms with Gasteiger partial charge in [-0.15, -0.1) is 0 Å². The fourth-order valence-electron chi connectivity index (χ4n) is 3.50. The number of anilines is 1. The van der Waals surface area contributed by atoms with E-state index >= 15 is 0 Å². The fourth-order valence-corrected chi connectivity index (χ4v) is 4.73. The van der Waals surface area contributed by atoms with Crippen molar-refractivity contribution in [3.05, 3.63) is 63.1 Å². The third kappa shape index (κ3) is 7.35. The van der Waals surface area contributed by atoms with E-state index in [2.05, 4.69) is 5.32 Å². The lowest BCUT2D eigenvalue weighted by Gasteiger charge is -2.32. The number of carbonyl (C=O) groups excluding carboxylic acids is 2. The zero-order chi connectivity index (χ0) is 25.8. The predicted octanol–water partition coefficient (Wildman–Crippen LogP) is 4.32. The Morgan fingerprint density at radius 2 is 1.65 bits per heavy atom. The van der Waals surface area contributed by atoms with Crippen molar-refractivity contribution in [2.75, 3.05) is 17.1 Å². The average molecular weight is 529 g/mol. The van der Waals surface area contributed by atoms with Gasteiger partial charge < -0.3 is 10.2 Å². The molecule has 2 aromatic rings. The highest BCUT2D eigenvalue weighted by atomic mass is 35.5. The van der Waals surface area contributed by atoms with E-state index in [1.807, 2.05) is 26.8 Å². The average Bonchev–Trinajstić information content (AvgIpc) is 2.71. The Kier molecular flexibility index (Phi) is 9.39. The lowest BCUT2D eigenvalue weighted by Crippen LogP contribution is -2.52. The van der Waals surface area contributed by atoms with Gasteiger partial charge in [-0.3, -0.25) is 13.9 Å². The molecule has 0 unspecified atom stereocenters. The Morgan fingerprint density at radius 3 is 2.18 bits per heavy atom. The number of hydrogen-bond acceptors (Lipinski definition) is 4. The first-order valence-corrected chi connectivity index (χ1v) is 13.4. The molecule has 0 bridgehead atoms. The number of aryl methyl sites for hydroxylation is 2. The maximum absolute atomic E-state index is 13.5. The molecule has 10 heteroatoms. The van der Waals surface area contributed by atoms with Crippen LogP contribution in [0.1, 0.15) is 37.5 Å². The largest absolute Gasteiger partial charge is 0.352 e. The highest BCUT2D eigenvalue weighted by Gasteiger charge is 2.30. The maximum atomic E-state index is 13.5. The normalized spacial score (nSPS) is 12.4. The summed E-state index contributed by atoms with van der Waals surface area (Å²) in [6.07, 6.45) is 1.05. The van der Waals surface area contributed by atoms with Crippen molar-refractivity contribution < 1.29 is 18.0 Å². The molecule has 1 atom stereocenters. The van der Waals surface area contributed by atoms with Crippen LogP contribution in [0.5, 0.6) is 0 Å². The summed E-state index contributed by atoms with van der Waals surface area (Å²) in [5, 5.41) is 3.49. The minimum atomic E-state index is -3.79. The van der Waals surface area contributed by atoms with Crippen molar-refractivity contribution in [3.63, 3.8) is 0 Å². The minimum Gasteiger partial charge on any atom is -0.352 e. The van der Waals surface area contributed by atoms with Gasteiger partial charge in [0.15, 0.2) is 0 Å². The first kappa shape index (κ1) is 28.0. The first-order chi connectivity index (χ1) is 15.7. The summed E-state index contributed by atoms with van der Waals surface area (Å²) in [7, 11) is -3.79. The Hall–Kier alpha value is -2.29. The number of hydrogen-bond donors (Lipinski definition) is 1. The quantitative estimate of drug-likeness (QED) is 0.526. The van der Waals surface area contributed by atoms with Gasteiger partial charge in [-0.25, -0.2) is 8.42 Å². The molecule has 0 aliphatic heterocycles. The molecule has 0 fully saturated rings. The molecule has 0 radical (unpaired) electrons. The van der Waals surface area contributed by atoms with Gasteiger partial charge in [0.2, 0.25) is 21.8 Å². The van der Waals surface area contributed by atoms with E-state index in [0.717, 1.165) is 21.7 Å². The molecular formula is C24H31Cl2N3O4S. The van der Waals surface area contributed by atoms with Gasteiger partial charge in [0.05, 0.1) is 22.0 Å². The number of nitrogens with zero attached hydrogens (tertiary/aromatic N) is 2. The molecule has 0 saturated heterocycles. The molecule has 0 aliphatic carbocycles. The predicted molar refractivity (Wildman–Crippen MR) is 138 cm³/mol. The van der Waals surface area contributed by atoms with Crippen LogP contribution in [0.4, 0.5) is 5.69 Å². The molecule has 2 aromatic carbocycles. The van der Waals surface area contributed by atoms with Gasteiger partial charge in [-0.05, 0) is 63.9 Å². The van der Waals surface area contributed by atoms with E-state index in [-0.39, 0.29) is 18.5 Å². The number of carbonyl (C=O) groups is 2. The number of sulfonamides is 1. The molecule has 2 rings (SSSR count).